The number of sulfonamides is 1. The van der Waals surface area contributed by atoms with Crippen molar-refractivity contribution in [1.82, 2.24) is 21.6 Å². The molecule has 1 atom stereocenters. The molecule has 3 aromatic rings. The zero-order valence-corrected chi connectivity index (χ0v) is 21.8. The van der Waals surface area contributed by atoms with Gasteiger partial charge in [-0.1, -0.05) is 12.1 Å². The molecule has 1 fully saturated rings. The Kier molecular flexibility index (Phi) is 6.68. The summed E-state index contributed by atoms with van der Waals surface area (Å²) in [5.74, 6) is -5.51. The highest BCUT2D eigenvalue weighted by Gasteiger charge is 2.35. The van der Waals surface area contributed by atoms with Crippen LogP contribution in [0.1, 0.15) is 33.9 Å². The zero-order valence-electron chi connectivity index (χ0n) is 21.0. The molecule has 6 rings (SSSR count). The number of carbonyl (C=O) groups is 2. The second kappa shape index (κ2) is 10.1. The van der Waals surface area contributed by atoms with Crippen LogP contribution in [0.15, 0.2) is 41.3 Å². The number of carbonyl (C=O) groups excluding carboxylic acids is 2. The highest BCUT2D eigenvalue weighted by molar-refractivity contribution is 7.92. The third-order valence-electron chi connectivity index (χ3n) is 7.23. The fourth-order valence-corrected chi connectivity index (χ4v) is 6.60. The zero-order chi connectivity index (χ0) is 29.1. The predicted molar refractivity (Wildman–Crippen MR) is 139 cm³/mol. The van der Waals surface area contributed by atoms with Crippen LogP contribution in [-0.4, -0.2) is 39.2 Å². The van der Waals surface area contributed by atoms with E-state index < -0.39 is 72.7 Å². The maximum Gasteiger partial charge on any atom is 0.262 e. The van der Waals surface area contributed by atoms with Gasteiger partial charge in [0, 0.05) is 36.2 Å². The molecule has 1 unspecified atom stereocenters. The van der Waals surface area contributed by atoms with Gasteiger partial charge in [-0.05, 0) is 36.2 Å². The summed E-state index contributed by atoms with van der Waals surface area (Å²) in [5, 5.41) is 2.79. The number of hydrogen-bond acceptors (Lipinski definition) is 8. The van der Waals surface area contributed by atoms with E-state index in [1.807, 2.05) is 4.72 Å². The number of nitrogens with one attached hydrogen (secondary N) is 6. The minimum Gasteiger partial charge on any atom is -0.349 e. The van der Waals surface area contributed by atoms with Gasteiger partial charge in [0.05, 0.1) is 27.9 Å². The van der Waals surface area contributed by atoms with Crippen molar-refractivity contribution >= 4 is 33.1 Å². The number of fused-ring (bicyclic) bond motifs is 2. The van der Waals surface area contributed by atoms with E-state index in [1.54, 1.807) is 0 Å². The summed E-state index contributed by atoms with van der Waals surface area (Å²) in [6.45, 7) is 0.981. The van der Waals surface area contributed by atoms with Gasteiger partial charge in [0.15, 0.2) is 17.4 Å². The van der Waals surface area contributed by atoms with Gasteiger partial charge < -0.3 is 10.7 Å². The minimum absolute atomic E-state index is 0.00558. The Morgan fingerprint density at radius 1 is 0.927 bits per heavy atom. The summed E-state index contributed by atoms with van der Waals surface area (Å²) < 4.78 is 88.7. The Bertz CT molecular complexity index is 1730. The molecule has 0 spiro atoms. The van der Waals surface area contributed by atoms with Gasteiger partial charge in [-0.15, -0.1) is 0 Å². The van der Waals surface area contributed by atoms with Crippen molar-refractivity contribution < 1.29 is 35.6 Å². The number of halogens is 4. The first kappa shape index (κ1) is 27.1. The lowest BCUT2D eigenvalue weighted by atomic mass is 9.97. The maximum absolute atomic E-state index is 15.7. The molecule has 0 saturated carbocycles. The first-order valence-electron chi connectivity index (χ1n) is 12.5. The largest absolute Gasteiger partial charge is 0.349 e. The third kappa shape index (κ3) is 4.69. The van der Waals surface area contributed by atoms with E-state index >= 15 is 8.78 Å². The molecule has 0 aromatic heterocycles. The van der Waals surface area contributed by atoms with Crippen molar-refractivity contribution in [3.8, 4) is 11.1 Å². The van der Waals surface area contributed by atoms with E-state index in [0.717, 1.165) is 24.3 Å². The van der Waals surface area contributed by atoms with Crippen LogP contribution in [0, 0.1) is 23.3 Å². The molecule has 0 bridgehead atoms. The van der Waals surface area contributed by atoms with Gasteiger partial charge in [0.25, 0.3) is 10.0 Å². The van der Waals surface area contributed by atoms with Crippen molar-refractivity contribution in [1.29, 1.82) is 0 Å². The summed E-state index contributed by atoms with van der Waals surface area (Å²) in [6.07, 6.45) is 0.0467. The average Bonchev–Trinajstić information content (AvgIpc) is 3.68. The van der Waals surface area contributed by atoms with Crippen molar-refractivity contribution in [2.75, 3.05) is 23.2 Å². The van der Waals surface area contributed by atoms with E-state index in [0.29, 0.717) is 19.2 Å². The van der Waals surface area contributed by atoms with Crippen LogP contribution in [-0.2, 0) is 21.2 Å². The lowest BCUT2D eigenvalue weighted by Crippen LogP contribution is -2.43. The normalized spacial score (nSPS) is 18.2. The second-order valence-electron chi connectivity index (χ2n) is 9.80. The predicted octanol–water partition coefficient (Wildman–Crippen LogP) is 2.40. The van der Waals surface area contributed by atoms with Gasteiger partial charge in [0.2, 0.25) is 5.91 Å². The van der Waals surface area contributed by atoms with Gasteiger partial charge in [-0.2, -0.15) is 0 Å². The highest BCUT2D eigenvalue weighted by atomic mass is 32.2. The summed E-state index contributed by atoms with van der Waals surface area (Å²) in [6, 6.07) is 4.47. The number of Topliss-reactive ketones (excluding diaryl/α,β-unsaturated/α-hetero) is 1. The molecule has 2 heterocycles. The third-order valence-corrected chi connectivity index (χ3v) is 8.66. The van der Waals surface area contributed by atoms with Crippen molar-refractivity contribution in [2.45, 2.75) is 29.8 Å². The average molecular weight is 591 g/mol. The van der Waals surface area contributed by atoms with Crippen molar-refractivity contribution in [3.63, 3.8) is 0 Å². The Labute approximate surface area is 230 Å². The first-order chi connectivity index (χ1) is 19.5. The van der Waals surface area contributed by atoms with Gasteiger partial charge in [-0.25, -0.2) is 31.4 Å². The summed E-state index contributed by atoms with van der Waals surface area (Å²) in [4.78, 5) is 24.2. The van der Waals surface area contributed by atoms with E-state index in [2.05, 4.69) is 27.0 Å². The lowest BCUT2D eigenvalue weighted by Gasteiger charge is -2.16. The summed E-state index contributed by atoms with van der Waals surface area (Å²) in [7, 11) is -4.64. The molecule has 1 saturated heterocycles. The first-order valence-corrected chi connectivity index (χ1v) is 14.0. The topological polar surface area (TPSA) is 140 Å². The highest BCUT2D eigenvalue weighted by Crippen LogP contribution is 2.40. The van der Waals surface area contributed by atoms with Crippen molar-refractivity contribution in [2.24, 2.45) is 0 Å². The molecule has 2 aliphatic heterocycles. The number of rotatable bonds is 6. The monoisotopic (exact) mass is 590 g/mol. The van der Waals surface area contributed by atoms with Gasteiger partial charge in [-0.3, -0.25) is 25.2 Å². The van der Waals surface area contributed by atoms with Crippen LogP contribution >= 0.6 is 0 Å². The lowest BCUT2D eigenvalue weighted by molar-refractivity contribution is -0.123. The number of benzene rings is 3. The number of anilines is 2. The molecule has 1 aliphatic carbocycles. The van der Waals surface area contributed by atoms with Gasteiger partial charge in [0.1, 0.15) is 17.7 Å². The summed E-state index contributed by atoms with van der Waals surface area (Å²) >= 11 is 0. The Morgan fingerprint density at radius 2 is 1.68 bits per heavy atom. The Hall–Kier alpha value is -4.05. The molecule has 3 aromatic carbocycles. The van der Waals surface area contributed by atoms with E-state index in [-0.39, 0.29) is 41.3 Å². The van der Waals surface area contributed by atoms with E-state index in [4.69, 9.17) is 0 Å². The van der Waals surface area contributed by atoms with Crippen molar-refractivity contribution in [3.05, 3.63) is 76.4 Å². The van der Waals surface area contributed by atoms with Gasteiger partial charge >= 0.3 is 0 Å². The Morgan fingerprint density at radius 3 is 2.44 bits per heavy atom. The number of ketones is 1. The number of hydrazine groups is 2. The molecule has 3 aliphatic rings. The molecule has 0 radical (unpaired) electrons. The smallest absolute Gasteiger partial charge is 0.262 e. The molecule has 214 valence electrons. The van der Waals surface area contributed by atoms with E-state index in [1.165, 1.54) is 6.07 Å². The molecular weight excluding hydrogens is 568 g/mol. The fraction of sp³-hybridized carbons (Fsp3) is 0.231. The van der Waals surface area contributed by atoms with Crippen LogP contribution in [0.4, 0.5) is 28.9 Å². The molecular formula is C26H22F4N6O4S. The fourth-order valence-electron chi connectivity index (χ4n) is 5.24. The van der Waals surface area contributed by atoms with Crippen LogP contribution in [0.5, 0.6) is 0 Å². The molecule has 41 heavy (non-hydrogen) atoms. The van der Waals surface area contributed by atoms with Crippen LogP contribution in [0.25, 0.3) is 11.1 Å². The van der Waals surface area contributed by atoms with Crippen LogP contribution in [0.3, 0.4) is 0 Å². The van der Waals surface area contributed by atoms with Crippen LogP contribution in [0.2, 0.25) is 0 Å². The second-order valence-corrected chi connectivity index (χ2v) is 11.5. The maximum atomic E-state index is 15.7. The molecule has 10 nitrogen and oxygen atoms in total. The quantitative estimate of drug-likeness (QED) is 0.241. The Balaban J connectivity index is 1.33. The standard InChI is InChI=1S/C26H22F4N6O4S/c27-11-7-16-13(3-6-19(16)37)20(8-11)41(39,40)36-18-5-4-17(28)21(23(18)30)14-1-2-15-24(22(14)29)34-35-25(15)26(38)33-12-9-31-32-10-12/h1-2,4-5,7-8,12,25,31-32,34-36H,3,6,9-10H2,(H,33,38). The number of hydrogen-bond donors (Lipinski definition) is 6. The SMILES string of the molecule is O=C1CCc2c1cc(F)cc2S(=O)(=O)Nc1ccc(F)c(-c2ccc3c(c2F)NNC3C(=O)NC2CNNC2)c1F. The van der Waals surface area contributed by atoms with Crippen LogP contribution < -0.4 is 31.7 Å². The minimum atomic E-state index is -4.64. The molecule has 15 heteroatoms. The number of amides is 1. The van der Waals surface area contributed by atoms with E-state index in [9.17, 15) is 26.8 Å². The summed E-state index contributed by atoms with van der Waals surface area (Å²) in [5.41, 5.74) is 8.86. The molecule has 1 amide bonds. The molecule has 6 N–H and O–H groups in total.